The number of nitrogens with one attached hydrogen (secondary N) is 1. The Morgan fingerprint density at radius 1 is 1.00 bits per heavy atom. The Balaban J connectivity index is 1.44. The highest BCUT2D eigenvalue weighted by molar-refractivity contribution is 5.98. The molecule has 0 aliphatic carbocycles. The largest absolute Gasteiger partial charge is 0.494 e. The lowest BCUT2D eigenvalue weighted by Gasteiger charge is -2.08. The molecule has 3 aromatic rings. The summed E-state index contributed by atoms with van der Waals surface area (Å²) in [7, 11) is 0. The Morgan fingerprint density at radius 3 is 2.57 bits per heavy atom. The summed E-state index contributed by atoms with van der Waals surface area (Å²) in [6.45, 7) is 3.02. The predicted octanol–water partition coefficient (Wildman–Crippen LogP) is 3.96. The van der Waals surface area contributed by atoms with Crippen molar-refractivity contribution in [1.29, 1.82) is 0 Å². The average molecular weight is 376 g/mol. The van der Waals surface area contributed by atoms with Crippen molar-refractivity contribution in [2.45, 2.75) is 26.2 Å². The Labute approximate surface area is 164 Å². The highest BCUT2D eigenvalue weighted by atomic mass is 16.5. The quantitative estimate of drug-likeness (QED) is 0.574. The van der Waals surface area contributed by atoms with Gasteiger partial charge in [-0.15, -0.1) is 0 Å². The van der Waals surface area contributed by atoms with Gasteiger partial charge >= 0.3 is 0 Å². The topological polar surface area (TPSA) is 68.3 Å². The fourth-order valence-corrected chi connectivity index (χ4v) is 3.07. The van der Waals surface area contributed by atoms with Crippen molar-refractivity contribution >= 4 is 22.6 Å². The zero-order chi connectivity index (χ0) is 19.8. The van der Waals surface area contributed by atoms with Crippen LogP contribution in [0.3, 0.4) is 0 Å². The van der Waals surface area contributed by atoms with Gasteiger partial charge in [0.1, 0.15) is 5.75 Å². The van der Waals surface area contributed by atoms with Crippen LogP contribution in [0.5, 0.6) is 5.75 Å². The molecule has 0 fully saturated rings. The molecule has 0 unspecified atom stereocenters. The van der Waals surface area contributed by atoms with Crippen LogP contribution in [0.1, 0.15) is 35.7 Å². The van der Waals surface area contributed by atoms with Gasteiger partial charge in [-0.05, 0) is 49.2 Å². The van der Waals surface area contributed by atoms with Gasteiger partial charge in [0.25, 0.3) is 0 Å². The third kappa shape index (κ3) is 5.16. The van der Waals surface area contributed by atoms with Gasteiger partial charge in [-0.2, -0.15) is 0 Å². The van der Waals surface area contributed by atoms with E-state index in [1.54, 1.807) is 30.5 Å². The lowest BCUT2D eigenvalue weighted by molar-refractivity contribution is -0.121. The van der Waals surface area contributed by atoms with Crippen molar-refractivity contribution in [3.05, 3.63) is 71.9 Å². The van der Waals surface area contributed by atoms with E-state index in [0.717, 1.165) is 22.2 Å². The zero-order valence-corrected chi connectivity index (χ0v) is 16.0. The molecular weight excluding hydrogens is 352 g/mol. The fourth-order valence-electron chi connectivity index (χ4n) is 3.07. The number of ether oxygens (including phenoxy) is 1. The van der Waals surface area contributed by atoms with Gasteiger partial charge in [0.05, 0.1) is 12.1 Å². The number of rotatable bonds is 9. The van der Waals surface area contributed by atoms with Crippen LogP contribution in [0, 0.1) is 0 Å². The number of para-hydroxylation sites is 1. The molecule has 0 aliphatic heterocycles. The molecular formula is C23H24N2O3. The van der Waals surface area contributed by atoms with Crippen LogP contribution >= 0.6 is 0 Å². The van der Waals surface area contributed by atoms with Gasteiger partial charge in [-0.25, -0.2) is 0 Å². The van der Waals surface area contributed by atoms with Crippen molar-refractivity contribution in [3.8, 4) is 5.75 Å². The van der Waals surface area contributed by atoms with Crippen LogP contribution < -0.4 is 10.1 Å². The molecule has 1 amide bonds. The maximum Gasteiger partial charge on any atom is 0.220 e. The number of Topliss-reactive ketones (excluding diaryl/α,β-unsaturated/α-hetero) is 1. The van der Waals surface area contributed by atoms with Gasteiger partial charge in [0.15, 0.2) is 5.78 Å². The van der Waals surface area contributed by atoms with E-state index in [-0.39, 0.29) is 24.5 Å². The van der Waals surface area contributed by atoms with Crippen molar-refractivity contribution in [2.24, 2.45) is 0 Å². The van der Waals surface area contributed by atoms with E-state index >= 15 is 0 Å². The first-order valence-electron chi connectivity index (χ1n) is 9.52. The van der Waals surface area contributed by atoms with Gasteiger partial charge in [-0.3, -0.25) is 14.6 Å². The second-order valence-electron chi connectivity index (χ2n) is 6.47. The number of amides is 1. The SMILES string of the molecule is CCOc1ccc(C(=O)CCC(=O)NCCc2cccc3cccnc23)cc1. The zero-order valence-electron chi connectivity index (χ0n) is 16.0. The highest BCUT2D eigenvalue weighted by Crippen LogP contribution is 2.16. The summed E-state index contributed by atoms with van der Waals surface area (Å²) in [5.41, 5.74) is 2.66. The Kier molecular flexibility index (Phi) is 6.73. The van der Waals surface area contributed by atoms with E-state index in [9.17, 15) is 9.59 Å². The molecule has 1 heterocycles. The van der Waals surface area contributed by atoms with Gasteiger partial charge in [0, 0.05) is 36.5 Å². The summed E-state index contributed by atoms with van der Waals surface area (Å²) in [5.74, 6) is 0.573. The molecule has 1 N–H and O–H groups in total. The first kappa shape index (κ1) is 19.5. The number of ketones is 1. The first-order chi connectivity index (χ1) is 13.7. The molecule has 144 valence electrons. The van der Waals surface area contributed by atoms with E-state index in [1.807, 2.05) is 37.3 Å². The van der Waals surface area contributed by atoms with Crippen LogP contribution in [0.15, 0.2) is 60.8 Å². The standard InChI is InChI=1S/C23H24N2O3/c1-2-28-20-10-8-17(9-11-20)21(26)12-13-22(27)24-16-14-19-6-3-5-18-7-4-15-25-23(18)19/h3-11,15H,2,12-14,16H2,1H3,(H,24,27). The minimum Gasteiger partial charge on any atom is -0.494 e. The molecule has 0 spiro atoms. The van der Waals surface area contributed by atoms with Crippen molar-refractivity contribution in [1.82, 2.24) is 10.3 Å². The maximum atomic E-state index is 12.2. The number of nitrogens with zero attached hydrogens (tertiary/aromatic N) is 1. The predicted molar refractivity (Wildman–Crippen MR) is 110 cm³/mol. The maximum absolute atomic E-state index is 12.2. The fraction of sp³-hybridized carbons (Fsp3) is 0.261. The Bertz CT molecular complexity index is 946. The second kappa shape index (κ2) is 9.65. The van der Waals surface area contributed by atoms with Crippen molar-refractivity contribution < 1.29 is 14.3 Å². The molecule has 1 aromatic heterocycles. The number of hydrogen-bond acceptors (Lipinski definition) is 4. The van der Waals surface area contributed by atoms with Crippen LogP contribution in [0.25, 0.3) is 10.9 Å². The summed E-state index contributed by atoms with van der Waals surface area (Å²) in [4.78, 5) is 28.7. The van der Waals surface area contributed by atoms with E-state index in [0.29, 0.717) is 25.1 Å². The molecule has 5 nitrogen and oxygen atoms in total. The third-order valence-corrected chi connectivity index (χ3v) is 4.50. The average Bonchev–Trinajstić information content (AvgIpc) is 2.73. The normalized spacial score (nSPS) is 10.6. The lowest BCUT2D eigenvalue weighted by Crippen LogP contribution is -2.26. The van der Waals surface area contributed by atoms with Crippen LogP contribution in [-0.2, 0) is 11.2 Å². The molecule has 2 aromatic carbocycles. The number of carbonyl (C=O) groups excluding carboxylic acids is 2. The molecule has 28 heavy (non-hydrogen) atoms. The van der Waals surface area contributed by atoms with Crippen LogP contribution in [0.4, 0.5) is 0 Å². The Morgan fingerprint density at radius 2 is 1.79 bits per heavy atom. The monoisotopic (exact) mass is 376 g/mol. The van der Waals surface area contributed by atoms with E-state index in [1.165, 1.54) is 0 Å². The molecule has 0 aliphatic rings. The van der Waals surface area contributed by atoms with Crippen LogP contribution in [-0.4, -0.2) is 29.8 Å². The molecule has 0 bridgehead atoms. The molecule has 5 heteroatoms. The van der Waals surface area contributed by atoms with Gasteiger partial charge < -0.3 is 10.1 Å². The smallest absolute Gasteiger partial charge is 0.220 e. The number of benzene rings is 2. The number of pyridine rings is 1. The molecule has 3 rings (SSSR count). The lowest BCUT2D eigenvalue weighted by atomic mass is 10.1. The summed E-state index contributed by atoms with van der Waals surface area (Å²) in [5, 5.41) is 3.98. The van der Waals surface area contributed by atoms with Gasteiger partial charge in [-0.1, -0.05) is 24.3 Å². The minimum absolute atomic E-state index is 0.0450. The van der Waals surface area contributed by atoms with Crippen LogP contribution in [0.2, 0.25) is 0 Å². The number of hydrogen-bond donors (Lipinski definition) is 1. The Hall–Kier alpha value is -3.21. The molecule has 0 radical (unpaired) electrons. The van der Waals surface area contributed by atoms with E-state index in [2.05, 4.69) is 10.3 Å². The summed E-state index contributed by atoms with van der Waals surface area (Å²) < 4.78 is 5.37. The summed E-state index contributed by atoms with van der Waals surface area (Å²) >= 11 is 0. The van der Waals surface area contributed by atoms with E-state index < -0.39 is 0 Å². The molecule has 0 saturated carbocycles. The van der Waals surface area contributed by atoms with Crippen molar-refractivity contribution in [2.75, 3.05) is 13.2 Å². The number of aromatic nitrogens is 1. The highest BCUT2D eigenvalue weighted by Gasteiger charge is 2.10. The number of fused-ring (bicyclic) bond motifs is 1. The molecule has 0 atom stereocenters. The summed E-state index contributed by atoms with van der Waals surface area (Å²) in [6.07, 6.45) is 2.85. The van der Waals surface area contributed by atoms with E-state index in [4.69, 9.17) is 4.74 Å². The third-order valence-electron chi connectivity index (χ3n) is 4.50. The minimum atomic E-state index is -0.118. The van der Waals surface area contributed by atoms with Crippen molar-refractivity contribution in [3.63, 3.8) is 0 Å². The second-order valence-corrected chi connectivity index (χ2v) is 6.47. The summed E-state index contributed by atoms with van der Waals surface area (Å²) in [6, 6.07) is 17.0. The molecule has 0 saturated heterocycles. The first-order valence-corrected chi connectivity index (χ1v) is 9.52. The van der Waals surface area contributed by atoms with Gasteiger partial charge in [0.2, 0.25) is 5.91 Å². The number of carbonyl (C=O) groups is 2.